The molecule has 0 saturated carbocycles. The summed E-state index contributed by atoms with van der Waals surface area (Å²) in [6.07, 6.45) is 3.10. The molecule has 0 bridgehead atoms. The van der Waals surface area contributed by atoms with Crippen LogP contribution >= 0.6 is 15.9 Å². The van der Waals surface area contributed by atoms with Gasteiger partial charge < -0.3 is 15.0 Å². The lowest BCUT2D eigenvalue weighted by Crippen LogP contribution is -2.36. The molecular weight excluding hydrogens is 394 g/mol. The Morgan fingerprint density at radius 3 is 2.77 bits per heavy atom. The highest BCUT2D eigenvalue weighted by molar-refractivity contribution is 9.10. The minimum absolute atomic E-state index is 0.245. The Kier molecular flexibility index (Phi) is 6.05. The number of anilines is 2. The van der Waals surface area contributed by atoms with Crippen LogP contribution in [0.1, 0.15) is 11.1 Å². The lowest BCUT2D eigenvalue weighted by atomic mass is 10.1. The van der Waals surface area contributed by atoms with Crippen molar-refractivity contribution in [3.8, 4) is 6.07 Å². The molecule has 5 nitrogen and oxygen atoms in total. The molecule has 0 atom stereocenters. The standard InChI is InChI=1S/C20H18BrN3O2/c21-17-6-7-19(24-9-11-26-12-10-24)18(13-17)23-20(25)8-5-15-3-1-2-4-16(15)14-22/h1-8,13H,9-12H2,(H,23,25)/b8-5+. The highest BCUT2D eigenvalue weighted by Gasteiger charge is 2.16. The smallest absolute Gasteiger partial charge is 0.248 e. The van der Waals surface area contributed by atoms with Crippen LogP contribution < -0.4 is 10.2 Å². The summed E-state index contributed by atoms with van der Waals surface area (Å²) in [6.45, 7) is 2.92. The third-order valence-electron chi connectivity index (χ3n) is 4.06. The lowest BCUT2D eigenvalue weighted by Gasteiger charge is -2.30. The maximum absolute atomic E-state index is 12.4. The normalized spacial score (nSPS) is 14.2. The Balaban J connectivity index is 1.77. The van der Waals surface area contributed by atoms with Gasteiger partial charge in [0, 0.05) is 23.6 Å². The summed E-state index contributed by atoms with van der Waals surface area (Å²) >= 11 is 3.46. The second-order valence-electron chi connectivity index (χ2n) is 5.78. The molecule has 132 valence electrons. The Hall–Kier alpha value is -2.62. The summed E-state index contributed by atoms with van der Waals surface area (Å²) < 4.78 is 6.29. The summed E-state index contributed by atoms with van der Waals surface area (Å²) in [5.74, 6) is -0.245. The first-order valence-electron chi connectivity index (χ1n) is 8.28. The Morgan fingerprint density at radius 1 is 1.23 bits per heavy atom. The molecule has 1 fully saturated rings. The number of benzene rings is 2. The maximum Gasteiger partial charge on any atom is 0.248 e. The average molecular weight is 412 g/mol. The number of carbonyl (C=O) groups is 1. The number of hydrogen-bond donors (Lipinski definition) is 1. The third-order valence-corrected chi connectivity index (χ3v) is 4.56. The topological polar surface area (TPSA) is 65.4 Å². The molecule has 2 aromatic rings. The molecule has 0 aliphatic carbocycles. The highest BCUT2D eigenvalue weighted by atomic mass is 79.9. The van der Waals surface area contributed by atoms with E-state index in [1.165, 1.54) is 6.08 Å². The zero-order valence-corrected chi connectivity index (χ0v) is 15.7. The van der Waals surface area contributed by atoms with Crippen molar-refractivity contribution in [3.63, 3.8) is 0 Å². The van der Waals surface area contributed by atoms with E-state index in [-0.39, 0.29) is 5.91 Å². The van der Waals surface area contributed by atoms with Gasteiger partial charge in [0.25, 0.3) is 0 Å². The molecule has 0 spiro atoms. The number of nitriles is 1. The molecule has 0 radical (unpaired) electrons. The van der Waals surface area contributed by atoms with E-state index in [0.29, 0.717) is 24.3 Å². The van der Waals surface area contributed by atoms with Crippen molar-refractivity contribution in [2.24, 2.45) is 0 Å². The van der Waals surface area contributed by atoms with Crippen LogP contribution in [0.2, 0.25) is 0 Å². The molecule has 26 heavy (non-hydrogen) atoms. The summed E-state index contributed by atoms with van der Waals surface area (Å²) in [5, 5.41) is 12.1. The van der Waals surface area contributed by atoms with E-state index in [9.17, 15) is 4.79 Å². The van der Waals surface area contributed by atoms with E-state index in [1.807, 2.05) is 24.3 Å². The van der Waals surface area contributed by atoms with Crippen LogP contribution in [-0.2, 0) is 9.53 Å². The predicted octanol–water partition coefficient (Wildman–Crippen LogP) is 3.81. The molecule has 0 unspecified atom stereocenters. The zero-order chi connectivity index (χ0) is 18.4. The second kappa shape index (κ2) is 8.65. The minimum Gasteiger partial charge on any atom is -0.378 e. The van der Waals surface area contributed by atoms with Crippen molar-refractivity contribution in [2.45, 2.75) is 0 Å². The molecule has 1 saturated heterocycles. The first kappa shape index (κ1) is 18.2. The molecule has 1 heterocycles. The molecule has 1 amide bonds. The van der Waals surface area contributed by atoms with Crippen molar-refractivity contribution in [1.29, 1.82) is 5.26 Å². The van der Waals surface area contributed by atoms with Crippen molar-refractivity contribution in [2.75, 3.05) is 36.5 Å². The van der Waals surface area contributed by atoms with Gasteiger partial charge in [0.2, 0.25) is 5.91 Å². The maximum atomic E-state index is 12.4. The van der Waals surface area contributed by atoms with E-state index in [1.54, 1.807) is 24.3 Å². The Bertz CT molecular complexity index is 868. The van der Waals surface area contributed by atoms with Crippen molar-refractivity contribution in [3.05, 3.63) is 64.1 Å². The fourth-order valence-electron chi connectivity index (χ4n) is 2.77. The minimum atomic E-state index is -0.245. The van der Waals surface area contributed by atoms with Crippen LogP contribution in [0.25, 0.3) is 6.08 Å². The van der Waals surface area contributed by atoms with Gasteiger partial charge in [-0.25, -0.2) is 0 Å². The van der Waals surface area contributed by atoms with E-state index in [2.05, 4.69) is 32.2 Å². The van der Waals surface area contributed by atoms with Crippen molar-refractivity contribution in [1.82, 2.24) is 0 Å². The summed E-state index contributed by atoms with van der Waals surface area (Å²) in [4.78, 5) is 14.6. The van der Waals surface area contributed by atoms with Gasteiger partial charge in [0.15, 0.2) is 0 Å². The number of amides is 1. The van der Waals surface area contributed by atoms with Gasteiger partial charge in [-0.1, -0.05) is 34.1 Å². The van der Waals surface area contributed by atoms with Crippen LogP contribution in [0.5, 0.6) is 0 Å². The molecule has 3 rings (SSSR count). The quantitative estimate of drug-likeness (QED) is 0.776. The SMILES string of the molecule is N#Cc1ccccc1/C=C/C(=O)Nc1cc(Br)ccc1N1CCOCC1. The first-order chi connectivity index (χ1) is 12.7. The van der Waals surface area contributed by atoms with Gasteiger partial charge in [0.1, 0.15) is 0 Å². The molecule has 6 heteroatoms. The van der Waals surface area contributed by atoms with Crippen LogP contribution in [0.3, 0.4) is 0 Å². The van der Waals surface area contributed by atoms with Gasteiger partial charge in [-0.2, -0.15) is 5.26 Å². The number of carbonyl (C=O) groups excluding carboxylic acids is 1. The predicted molar refractivity (Wildman–Crippen MR) is 106 cm³/mol. The number of ether oxygens (including phenoxy) is 1. The summed E-state index contributed by atoms with van der Waals surface area (Å²) in [5.41, 5.74) is 2.96. The van der Waals surface area contributed by atoms with Gasteiger partial charge in [0.05, 0.1) is 36.2 Å². The van der Waals surface area contributed by atoms with E-state index in [4.69, 9.17) is 10.00 Å². The van der Waals surface area contributed by atoms with Gasteiger partial charge in [-0.15, -0.1) is 0 Å². The first-order valence-corrected chi connectivity index (χ1v) is 9.07. The number of hydrogen-bond acceptors (Lipinski definition) is 4. The Labute approximate surface area is 161 Å². The molecule has 2 aromatic carbocycles. The van der Waals surface area contributed by atoms with Crippen LogP contribution in [0.4, 0.5) is 11.4 Å². The van der Waals surface area contributed by atoms with Crippen molar-refractivity contribution < 1.29 is 9.53 Å². The summed E-state index contributed by atoms with van der Waals surface area (Å²) in [6, 6.07) is 15.1. The molecule has 1 aliphatic rings. The lowest BCUT2D eigenvalue weighted by molar-refractivity contribution is -0.111. The van der Waals surface area contributed by atoms with Crippen LogP contribution in [0, 0.1) is 11.3 Å². The van der Waals surface area contributed by atoms with Crippen molar-refractivity contribution >= 4 is 39.3 Å². The molecule has 1 N–H and O–H groups in total. The molecule has 1 aliphatic heterocycles. The van der Waals surface area contributed by atoms with Crippen LogP contribution in [0.15, 0.2) is 53.0 Å². The van der Waals surface area contributed by atoms with E-state index < -0.39 is 0 Å². The monoisotopic (exact) mass is 411 g/mol. The zero-order valence-electron chi connectivity index (χ0n) is 14.1. The van der Waals surface area contributed by atoms with E-state index in [0.717, 1.165) is 28.9 Å². The summed E-state index contributed by atoms with van der Waals surface area (Å²) in [7, 11) is 0. The Morgan fingerprint density at radius 2 is 2.00 bits per heavy atom. The third kappa shape index (κ3) is 4.51. The number of nitrogens with one attached hydrogen (secondary N) is 1. The average Bonchev–Trinajstić information content (AvgIpc) is 2.67. The van der Waals surface area contributed by atoms with Gasteiger partial charge >= 0.3 is 0 Å². The number of nitrogens with zero attached hydrogens (tertiary/aromatic N) is 2. The van der Waals surface area contributed by atoms with Gasteiger partial charge in [-0.05, 0) is 35.9 Å². The number of halogens is 1. The van der Waals surface area contributed by atoms with E-state index >= 15 is 0 Å². The van der Waals surface area contributed by atoms with Gasteiger partial charge in [-0.3, -0.25) is 4.79 Å². The second-order valence-corrected chi connectivity index (χ2v) is 6.70. The molecule has 0 aromatic heterocycles. The number of rotatable bonds is 4. The number of morpholine rings is 1. The fraction of sp³-hybridized carbons (Fsp3) is 0.200. The molecular formula is C20H18BrN3O2. The van der Waals surface area contributed by atoms with Crippen LogP contribution in [-0.4, -0.2) is 32.2 Å². The highest BCUT2D eigenvalue weighted by Crippen LogP contribution is 2.30. The largest absolute Gasteiger partial charge is 0.378 e. The fourth-order valence-corrected chi connectivity index (χ4v) is 3.13.